The highest BCUT2D eigenvalue weighted by molar-refractivity contribution is 5.83. The van der Waals surface area contributed by atoms with Gasteiger partial charge in [-0.25, -0.2) is 0 Å². The van der Waals surface area contributed by atoms with Gasteiger partial charge < -0.3 is 10.2 Å². The first-order valence-electron chi connectivity index (χ1n) is 6.49. The topological polar surface area (TPSA) is 49.4 Å². The largest absolute Gasteiger partial charge is 0.354 e. The molecule has 0 bridgehead atoms. The molecule has 0 atom stereocenters. The van der Waals surface area contributed by atoms with Crippen LogP contribution < -0.4 is 5.32 Å². The Morgan fingerprint density at radius 3 is 2.35 bits per heavy atom. The van der Waals surface area contributed by atoms with E-state index >= 15 is 0 Å². The zero-order chi connectivity index (χ0) is 13.3. The summed E-state index contributed by atoms with van der Waals surface area (Å²) in [6.07, 6.45) is 3.18. The third-order valence-corrected chi connectivity index (χ3v) is 2.52. The van der Waals surface area contributed by atoms with Gasteiger partial charge in [0.2, 0.25) is 11.8 Å². The van der Waals surface area contributed by atoms with E-state index in [1.165, 1.54) is 6.92 Å². The smallest absolute Gasteiger partial charge is 0.239 e. The van der Waals surface area contributed by atoms with E-state index in [-0.39, 0.29) is 18.4 Å². The van der Waals surface area contributed by atoms with Crippen LogP contribution in [0.25, 0.3) is 0 Å². The van der Waals surface area contributed by atoms with Gasteiger partial charge >= 0.3 is 0 Å². The molecule has 0 aromatic heterocycles. The van der Waals surface area contributed by atoms with E-state index in [1.54, 1.807) is 4.90 Å². The first-order chi connectivity index (χ1) is 7.97. The van der Waals surface area contributed by atoms with Crippen molar-refractivity contribution in [1.29, 1.82) is 0 Å². The highest BCUT2D eigenvalue weighted by Crippen LogP contribution is 1.99. The molecule has 0 unspecified atom stereocenters. The van der Waals surface area contributed by atoms with Crippen LogP contribution in [0, 0.1) is 5.92 Å². The monoisotopic (exact) mass is 242 g/mol. The fraction of sp³-hybridized carbons (Fsp3) is 0.846. The molecule has 0 spiro atoms. The van der Waals surface area contributed by atoms with Gasteiger partial charge in [0, 0.05) is 20.0 Å². The van der Waals surface area contributed by atoms with Crippen molar-refractivity contribution >= 4 is 11.8 Å². The third-order valence-electron chi connectivity index (χ3n) is 2.52. The predicted molar refractivity (Wildman–Crippen MR) is 69.6 cm³/mol. The molecule has 4 nitrogen and oxygen atoms in total. The maximum atomic E-state index is 11.6. The van der Waals surface area contributed by atoms with Gasteiger partial charge in [-0.2, -0.15) is 0 Å². The van der Waals surface area contributed by atoms with Crippen LogP contribution in [0.5, 0.6) is 0 Å². The molecular weight excluding hydrogens is 216 g/mol. The van der Waals surface area contributed by atoms with Gasteiger partial charge in [-0.15, -0.1) is 0 Å². The van der Waals surface area contributed by atoms with Gasteiger partial charge in [-0.1, -0.05) is 33.6 Å². The molecule has 0 rings (SSSR count). The standard InChI is InChI=1S/C13H26N2O2/c1-5-6-7-8-15(12(4)16)10-13(17)14-9-11(2)3/h11H,5-10H2,1-4H3,(H,14,17). The molecule has 0 radical (unpaired) electrons. The number of carbonyl (C=O) groups excluding carboxylic acids is 2. The predicted octanol–water partition coefficient (Wildman–Crippen LogP) is 1.80. The molecule has 0 aliphatic carbocycles. The maximum Gasteiger partial charge on any atom is 0.239 e. The van der Waals surface area contributed by atoms with Crippen molar-refractivity contribution in [2.75, 3.05) is 19.6 Å². The number of rotatable bonds is 8. The number of hydrogen-bond acceptors (Lipinski definition) is 2. The normalized spacial score (nSPS) is 10.4. The fourth-order valence-corrected chi connectivity index (χ4v) is 1.45. The Balaban J connectivity index is 3.98. The first kappa shape index (κ1) is 15.9. The van der Waals surface area contributed by atoms with Crippen LogP contribution in [0.4, 0.5) is 0 Å². The zero-order valence-electron chi connectivity index (χ0n) is 11.6. The van der Waals surface area contributed by atoms with Crippen molar-refractivity contribution in [3.8, 4) is 0 Å². The van der Waals surface area contributed by atoms with E-state index in [2.05, 4.69) is 12.2 Å². The Labute approximate surface area is 105 Å². The first-order valence-corrected chi connectivity index (χ1v) is 6.49. The minimum atomic E-state index is -0.0644. The van der Waals surface area contributed by atoms with Crippen LogP contribution in [0.1, 0.15) is 47.0 Å². The van der Waals surface area contributed by atoms with Crippen LogP contribution >= 0.6 is 0 Å². The summed E-state index contributed by atoms with van der Waals surface area (Å²) in [5.41, 5.74) is 0. The van der Waals surface area contributed by atoms with E-state index < -0.39 is 0 Å². The number of hydrogen-bond donors (Lipinski definition) is 1. The highest BCUT2D eigenvalue weighted by Gasteiger charge is 2.12. The minimum absolute atomic E-state index is 0.0270. The molecule has 17 heavy (non-hydrogen) atoms. The molecule has 0 saturated carbocycles. The minimum Gasteiger partial charge on any atom is -0.354 e. The molecule has 100 valence electrons. The number of unbranched alkanes of at least 4 members (excludes halogenated alkanes) is 2. The van der Waals surface area contributed by atoms with Crippen LogP contribution in [0.15, 0.2) is 0 Å². The van der Waals surface area contributed by atoms with E-state index in [0.29, 0.717) is 19.0 Å². The summed E-state index contributed by atoms with van der Waals surface area (Å²) in [5, 5.41) is 2.83. The van der Waals surface area contributed by atoms with Crippen molar-refractivity contribution < 1.29 is 9.59 Å². The van der Waals surface area contributed by atoms with E-state index in [1.807, 2.05) is 13.8 Å². The van der Waals surface area contributed by atoms with Crippen molar-refractivity contribution in [2.24, 2.45) is 5.92 Å². The third kappa shape index (κ3) is 8.72. The van der Waals surface area contributed by atoms with Crippen LogP contribution in [-0.2, 0) is 9.59 Å². The second kappa shape index (κ2) is 9.02. The molecule has 0 heterocycles. The van der Waals surface area contributed by atoms with Gasteiger partial charge in [0.1, 0.15) is 0 Å². The quantitative estimate of drug-likeness (QED) is 0.660. The molecule has 0 saturated heterocycles. The lowest BCUT2D eigenvalue weighted by molar-refractivity contribution is -0.134. The van der Waals surface area contributed by atoms with Crippen molar-refractivity contribution in [2.45, 2.75) is 47.0 Å². The van der Waals surface area contributed by atoms with Gasteiger partial charge in [-0.05, 0) is 12.3 Å². The lowest BCUT2D eigenvalue weighted by atomic mass is 10.2. The van der Waals surface area contributed by atoms with Crippen LogP contribution in [-0.4, -0.2) is 36.3 Å². The number of amides is 2. The van der Waals surface area contributed by atoms with Crippen LogP contribution in [0.2, 0.25) is 0 Å². The highest BCUT2D eigenvalue weighted by atomic mass is 16.2. The lowest BCUT2D eigenvalue weighted by Crippen LogP contribution is -2.41. The average Bonchev–Trinajstić information content (AvgIpc) is 2.25. The van der Waals surface area contributed by atoms with Crippen LogP contribution in [0.3, 0.4) is 0 Å². The molecule has 0 fully saturated rings. The Hall–Kier alpha value is -1.06. The van der Waals surface area contributed by atoms with Crippen molar-refractivity contribution in [3.05, 3.63) is 0 Å². The van der Waals surface area contributed by atoms with Gasteiger partial charge in [0.15, 0.2) is 0 Å². The molecule has 0 aliphatic rings. The summed E-state index contributed by atoms with van der Waals surface area (Å²) in [5.74, 6) is 0.344. The number of carbonyl (C=O) groups is 2. The second-order valence-electron chi connectivity index (χ2n) is 4.85. The Kier molecular flexibility index (Phi) is 8.46. The van der Waals surface area contributed by atoms with E-state index in [9.17, 15) is 9.59 Å². The number of nitrogens with one attached hydrogen (secondary N) is 1. The Bertz CT molecular complexity index is 240. The Morgan fingerprint density at radius 1 is 1.24 bits per heavy atom. The fourth-order valence-electron chi connectivity index (χ4n) is 1.45. The maximum absolute atomic E-state index is 11.6. The summed E-state index contributed by atoms with van der Waals surface area (Å²) >= 11 is 0. The molecule has 0 aromatic carbocycles. The van der Waals surface area contributed by atoms with Gasteiger partial charge in [0.25, 0.3) is 0 Å². The lowest BCUT2D eigenvalue weighted by Gasteiger charge is -2.20. The molecular formula is C13H26N2O2. The van der Waals surface area contributed by atoms with Crippen molar-refractivity contribution in [3.63, 3.8) is 0 Å². The van der Waals surface area contributed by atoms with E-state index in [4.69, 9.17) is 0 Å². The molecule has 2 amide bonds. The van der Waals surface area contributed by atoms with Gasteiger partial charge in [0.05, 0.1) is 6.54 Å². The molecule has 0 aromatic rings. The average molecular weight is 242 g/mol. The summed E-state index contributed by atoms with van der Waals surface area (Å²) in [6, 6.07) is 0. The summed E-state index contributed by atoms with van der Waals surface area (Å²) in [6.45, 7) is 9.26. The van der Waals surface area contributed by atoms with E-state index in [0.717, 1.165) is 19.3 Å². The second-order valence-corrected chi connectivity index (χ2v) is 4.85. The van der Waals surface area contributed by atoms with Crippen molar-refractivity contribution in [1.82, 2.24) is 10.2 Å². The summed E-state index contributed by atoms with van der Waals surface area (Å²) < 4.78 is 0. The SMILES string of the molecule is CCCCCN(CC(=O)NCC(C)C)C(C)=O. The van der Waals surface area contributed by atoms with Gasteiger partial charge in [-0.3, -0.25) is 9.59 Å². The zero-order valence-corrected chi connectivity index (χ0v) is 11.6. The summed E-state index contributed by atoms with van der Waals surface area (Å²) in [4.78, 5) is 24.6. The molecule has 0 aliphatic heterocycles. The Morgan fingerprint density at radius 2 is 1.88 bits per heavy atom. The molecule has 1 N–H and O–H groups in total. The summed E-state index contributed by atoms with van der Waals surface area (Å²) in [7, 11) is 0. The molecule has 4 heteroatoms. The number of nitrogens with zero attached hydrogens (tertiary/aromatic N) is 1.